The first kappa shape index (κ1) is 15.8. The van der Waals surface area contributed by atoms with Crippen LogP contribution in [0, 0.1) is 6.92 Å². The molecule has 0 aliphatic carbocycles. The molecule has 1 aliphatic heterocycles. The number of nitrogens with zero attached hydrogens (tertiary/aromatic N) is 3. The second kappa shape index (κ2) is 6.68. The van der Waals surface area contributed by atoms with Crippen molar-refractivity contribution in [3.8, 4) is 0 Å². The summed E-state index contributed by atoms with van der Waals surface area (Å²) < 4.78 is 7.61. The number of carbonyl (C=O) groups is 1. The number of carbonyl (C=O) groups excluding carboxylic acids is 1. The van der Waals surface area contributed by atoms with Crippen LogP contribution in [0.1, 0.15) is 40.8 Å². The van der Waals surface area contributed by atoms with Gasteiger partial charge in [-0.25, -0.2) is 4.68 Å². The largest absolute Gasteiger partial charge is 0.459 e. The molecular formula is C18H21N5O2. The van der Waals surface area contributed by atoms with Crippen LogP contribution in [0.2, 0.25) is 0 Å². The highest BCUT2D eigenvalue weighted by Gasteiger charge is 2.22. The molecule has 1 aromatic carbocycles. The van der Waals surface area contributed by atoms with Gasteiger partial charge in [0.05, 0.1) is 18.3 Å². The standard InChI is InChI=1S/C18H21N5O2/c1-12-17(21-22-23(12)14-6-8-19-9-7-14)18(24)20-11-15-10-13-4-2-3-5-16(13)25-15/h2-5,10,14,19H,6-9,11H2,1H3,(H,20,24). The van der Waals surface area contributed by atoms with Crippen LogP contribution in [-0.4, -0.2) is 34.0 Å². The van der Waals surface area contributed by atoms with Crippen molar-refractivity contribution in [3.05, 3.63) is 47.5 Å². The van der Waals surface area contributed by atoms with Gasteiger partial charge < -0.3 is 15.1 Å². The molecule has 1 saturated heterocycles. The number of hydrogen-bond acceptors (Lipinski definition) is 5. The molecule has 7 nitrogen and oxygen atoms in total. The van der Waals surface area contributed by atoms with E-state index in [-0.39, 0.29) is 5.91 Å². The van der Waals surface area contributed by atoms with E-state index >= 15 is 0 Å². The first-order valence-corrected chi connectivity index (χ1v) is 8.60. The highest BCUT2D eigenvalue weighted by Crippen LogP contribution is 2.21. The van der Waals surface area contributed by atoms with Crippen molar-refractivity contribution in [2.75, 3.05) is 13.1 Å². The monoisotopic (exact) mass is 339 g/mol. The summed E-state index contributed by atoms with van der Waals surface area (Å²) >= 11 is 0. The Morgan fingerprint density at radius 1 is 1.36 bits per heavy atom. The molecule has 130 valence electrons. The van der Waals surface area contributed by atoms with Crippen molar-refractivity contribution >= 4 is 16.9 Å². The van der Waals surface area contributed by atoms with Gasteiger partial charge in [-0.05, 0) is 45.0 Å². The first-order valence-electron chi connectivity index (χ1n) is 8.60. The summed E-state index contributed by atoms with van der Waals surface area (Å²) in [7, 11) is 0. The highest BCUT2D eigenvalue weighted by molar-refractivity contribution is 5.93. The van der Waals surface area contributed by atoms with E-state index in [1.165, 1.54) is 0 Å². The van der Waals surface area contributed by atoms with Crippen LogP contribution in [-0.2, 0) is 6.54 Å². The van der Waals surface area contributed by atoms with Gasteiger partial charge >= 0.3 is 0 Å². The second-order valence-electron chi connectivity index (χ2n) is 6.38. The summed E-state index contributed by atoms with van der Waals surface area (Å²) in [6.07, 6.45) is 2.01. The fourth-order valence-corrected chi connectivity index (χ4v) is 3.32. The van der Waals surface area contributed by atoms with Gasteiger partial charge in [-0.3, -0.25) is 4.79 Å². The van der Waals surface area contributed by atoms with E-state index in [1.54, 1.807) is 0 Å². The molecule has 1 amide bonds. The summed E-state index contributed by atoms with van der Waals surface area (Å²) in [5.74, 6) is 0.496. The molecule has 0 bridgehead atoms. The lowest BCUT2D eigenvalue weighted by Crippen LogP contribution is -2.30. The number of hydrogen-bond donors (Lipinski definition) is 2. The molecule has 0 spiro atoms. The maximum Gasteiger partial charge on any atom is 0.274 e. The van der Waals surface area contributed by atoms with Crippen LogP contribution in [0.5, 0.6) is 0 Å². The summed E-state index contributed by atoms with van der Waals surface area (Å²) in [5.41, 5.74) is 2.02. The summed E-state index contributed by atoms with van der Waals surface area (Å²) in [5, 5.41) is 15.5. The average Bonchev–Trinajstić information content (AvgIpc) is 3.23. The van der Waals surface area contributed by atoms with Crippen LogP contribution in [0.15, 0.2) is 34.7 Å². The van der Waals surface area contributed by atoms with Gasteiger partial charge in [-0.15, -0.1) is 5.10 Å². The lowest BCUT2D eigenvalue weighted by molar-refractivity contribution is 0.0942. The number of aromatic nitrogens is 3. The van der Waals surface area contributed by atoms with Crippen molar-refractivity contribution in [1.82, 2.24) is 25.6 Å². The Balaban J connectivity index is 1.45. The maximum absolute atomic E-state index is 12.5. The van der Waals surface area contributed by atoms with E-state index in [9.17, 15) is 4.79 Å². The highest BCUT2D eigenvalue weighted by atomic mass is 16.3. The third kappa shape index (κ3) is 3.15. The van der Waals surface area contributed by atoms with E-state index in [0.29, 0.717) is 18.3 Å². The molecule has 3 heterocycles. The molecule has 0 unspecified atom stereocenters. The molecule has 4 rings (SSSR count). The average molecular weight is 339 g/mol. The van der Waals surface area contributed by atoms with Crippen molar-refractivity contribution in [3.63, 3.8) is 0 Å². The number of amides is 1. The van der Waals surface area contributed by atoms with Crippen molar-refractivity contribution in [2.24, 2.45) is 0 Å². The Labute approximate surface area is 145 Å². The molecule has 0 saturated carbocycles. The first-order chi connectivity index (χ1) is 12.2. The van der Waals surface area contributed by atoms with Crippen LogP contribution in [0.25, 0.3) is 11.0 Å². The summed E-state index contributed by atoms with van der Waals surface area (Å²) in [6.45, 7) is 4.17. The van der Waals surface area contributed by atoms with Crippen LogP contribution in [0.4, 0.5) is 0 Å². The molecule has 7 heteroatoms. The van der Waals surface area contributed by atoms with Gasteiger partial charge in [0.15, 0.2) is 5.69 Å². The zero-order valence-corrected chi connectivity index (χ0v) is 14.2. The molecule has 25 heavy (non-hydrogen) atoms. The molecule has 1 aliphatic rings. The predicted molar refractivity (Wildman–Crippen MR) is 93.3 cm³/mol. The minimum Gasteiger partial charge on any atom is -0.459 e. The number of nitrogens with one attached hydrogen (secondary N) is 2. The topological polar surface area (TPSA) is 85.0 Å². The third-order valence-electron chi connectivity index (χ3n) is 4.70. The SMILES string of the molecule is Cc1c(C(=O)NCc2cc3ccccc3o2)nnn1C1CCNCC1. The fraction of sp³-hybridized carbons (Fsp3) is 0.389. The molecule has 2 N–H and O–H groups in total. The van der Waals surface area contributed by atoms with Crippen molar-refractivity contribution < 1.29 is 9.21 Å². The fourth-order valence-electron chi connectivity index (χ4n) is 3.32. The van der Waals surface area contributed by atoms with Gasteiger partial charge in [0.25, 0.3) is 5.91 Å². The molecule has 0 radical (unpaired) electrons. The van der Waals surface area contributed by atoms with Crippen LogP contribution < -0.4 is 10.6 Å². The molecule has 3 aromatic rings. The normalized spacial score (nSPS) is 15.6. The van der Waals surface area contributed by atoms with E-state index in [1.807, 2.05) is 41.9 Å². The van der Waals surface area contributed by atoms with Gasteiger partial charge in [0, 0.05) is 5.39 Å². The van der Waals surface area contributed by atoms with Crippen molar-refractivity contribution in [1.29, 1.82) is 0 Å². The van der Waals surface area contributed by atoms with E-state index in [2.05, 4.69) is 20.9 Å². The summed E-state index contributed by atoms with van der Waals surface area (Å²) in [4.78, 5) is 12.5. The Morgan fingerprint density at radius 2 is 2.16 bits per heavy atom. The second-order valence-corrected chi connectivity index (χ2v) is 6.38. The number of para-hydroxylation sites is 1. The number of furan rings is 1. The minimum absolute atomic E-state index is 0.224. The van der Waals surface area contributed by atoms with Crippen molar-refractivity contribution in [2.45, 2.75) is 32.4 Å². The Hall–Kier alpha value is -2.67. The lowest BCUT2D eigenvalue weighted by Gasteiger charge is -2.23. The van der Waals surface area contributed by atoms with Gasteiger partial charge in [-0.2, -0.15) is 0 Å². The lowest BCUT2D eigenvalue weighted by atomic mass is 10.1. The molecule has 0 atom stereocenters. The predicted octanol–water partition coefficient (Wildman–Crippen LogP) is 2.19. The number of rotatable bonds is 4. The Kier molecular flexibility index (Phi) is 4.23. The van der Waals surface area contributed by atoms with Crippen LogP contribution >= 0.6 is 0 Å². The molecule has 2 aromatic heterocycles. The zero-order valence-electron chi connectivity index (χ0n) is 14.2. The van der Waals surface area contributed by atoms with Gasteiger partial charge in [0.1, 0.15) is 11.3 Å². The number of piperidine rings is 1. The number of fused-ring (bicyclic) bond motifs is 1. The van der Waals surface area contributed by atoms with Gasteiger partial charge in [-0.1, -0.05) is 23.4 Å². The van der Waals surface area contributed by atoms with E-state index in [0.717, 1.165) is 48.4 Å². The van der Waals surface area contributed by atoms with E-state index in [4.69, 9.17) is 4.42 Å². The quantitative estimate of drug-likeness (QED) is 0.761. The van der Waals surface area contributed by atoms with E-state index < -0.39 is 0 Å². The minimum atomic E-state index is -0.224. The third-order valence-corrected chi connectivity index (χ3v) is 4.70. The van der Waals surface area contributed by atoms with Gasteiger partial charge in [0.2, 0.25) is 0 Å². The maximum atomic E-state index is 12.5. The molecular weight excluding hydrogens is 318 g/mol. The molecule has 1 fully saturated rings. The number of benzene rings is 1. The Morgan fingerprint density at radius 3 is 2.96 bits per heavy atom. The Bertz CT molecular complexity index is 859. The summed E-state index contributed by atoms with van der Waals surface area (Å²) in [6, 6.07) is 10.0. The smallest absolute Gasteiger partial charge is 0.274 e. The van der Waals surface area contributed by atoms with Crippen LogP contribution in [0.3, 0.4) is 0 Å². The zero-order chi connectivity index (χ0) is 17.2.